The molecule has 26 heavy (non-hydrogen) atoms. The SMILES string of the molecule is CC(C)COc1ccc(C(=O)N[C@@H](Cc2ccc(O)cc2)C(=O)O)cc1. The number of amides is 1. The smallest absolute Gasteiger partial charge is 0.326 e. The number of nitrogens with one attached hydrogen (secondary N) is 1. The van der Waals surface area contributed by atoms with E-state index in [1.807, 2.05) is 13.8 Å². The lowest BCUT2D eigenvalue weighted by Crippen LogP contribution is -2.42. The van der Waals surface area contributed by atoms with Gasteiger partial charge in [0, 0.05) is 12.0 Å². The summed E-state index contributed by atoms with van der Waals surface area (Å²) in [4.78, 5) is 23.8. The van der Waals surface area contributed by atoms with Gasteiger partial charge in [0.05, 0.1) is 6.61 Å². The maximum absolute atomic E-state index is 12.3. The summed E-state index contributed by atoms with van der Waals surface area (Å²) in [6.45, 7) is 4.67. The second-order valence-corrected chi connectivity index (χ2v) is 6.46. The van der Waals surface area contributed by atoms with E-state index in [0.29, 0.717) is 29.4 Å². The Morgan fingerprint density at radius 3 is 2.19 bits per heavy atom. The fourth-order valence-electron chi connectivity index (χ4n) is 2.27. The summed E-state index contributed by atoms with van der Waals surface area (Å²) in [6, 6.07) is 11.7. The number of ether oxygens (including phenoxy) is 1. The molecule has 0 fully saturated rings. The minimum Gasteiger partial charge on any atom is -0.508 e. The largest absolute Gasteiger partial charge is 0.508 e. The van der Waals surface area contributed by atoms with Crippen molar-refractivity contribution in [3.63, 3.8) is 0 Å². The van der Waals surface area contributed by atoms with Crippen LogP contribution in [-0.2, 0) is 11.2 Å². The van der Waals surface area contributed by atoms with Gasteiger partial charge in [0.15, 0.2) is 0 Å². The molecular weight excluding hydrogens is 334 g/mol. The number of hydrogen-bond donors (Lipinski definition) is 3. The molecule has 0 aliphatic carbocycles. The van der Waals surface area contributed by atoms with E-state index >= 15 is 0 Å². The second kappa shape index (κ2) is 8.89. The molecule has 2 aromatic rings. The number of carboxylic acid groups (broad SMARTS) is 1. The molecule has 1 atom stereocenters. The maximum atomic E-state index is 12.3. The van der Waals surface area contributed by atoms with Gasteiger partial charge in [0.25, 0.3) is 5.91 Å². The molecule has 0 saturated heterocycles. The summed E-state index contributed by atoms with van der Waals surface area (Å²) in [5.41, 5.74) is 1.06. The molecule has 6 nitrogen and oxygen atoms in total. The first-order valence-electron chi connectivity index (χ1n) is 8.39. The molecule has 3 N–H and O–H groups in total. The summed E-state index contributed by atoms with van der Waals surface area (Å²) in [7, 11) is 0. The summed E-state index contributed by atoms with van der Waals surface area (Å²) in [5.74, 6) is -0.428. The van der Waals surface area contributed by atoms with E-state index in [0.717, 1.165) is 0 Å². The Morgan fingerprint density at radius 2 is 1.65 bits per heavy atom. The van der Waals surface area contributed by atoms with E-state index in [1.165, 1.54) is 12.1 Å². The maximum Gasteiger partial charge on any atom is 0.326 e. The van der Waals surface area contributed by atoms with Crippen molar-refractivity contribution in [3.05, 3.63) is 59.7 Å². The lowest BCUT2D eigenvalue weighted by Gasteiger charge is -2.15. The number of benzene rings is 2. The topological polar surface area (TPSA) is 95.9 Å². The lowest BCUT2D eigenvalue weighted by molar-refractivity contribution is -0.139. The van der Waals surface area contributed by atoms with Crippen molar-refractivity contribution in [2.45, 2.75) is 26.3 Å². The van der Waals surface area contributed by atoms with Crippen molar-refractivity contribution in [1.29, 1.82) is 0 Å². The number of phenolic OH excluding ortho intramolecular Hbond substituents is 1. The molecule has 2 aromatic carbocycles. The molecule has 0 saturated carbocycles. The van der Waals surface area contributed by atoms with Gasteiger partial charge in [-0.25, -0.2) is 4.79 Å². The third-order valence-electron chi connectivity index (χ3n) is 3.68. The highest BCUT2D eigenvalue weighted by atomic mass is 16.5. The second-order valence-electron chi connectivity index (χ2n) is 6.46. The molecule has 0 bridgehead atoms. The monoisotopic (exact) mass is 357 g/mol. The van der Waals surface area contributed by atoms with Crippen LogP contribution < -0.4 is 10.1 Å². The van der Waals surface area contributed by atoms with E-state index in [2.05, 4.69) is 5.32 Å². The van der Waals surface area contributed by atoms with Crippen LogP contribution in [0.15, 0.2) is 48.5 Å². The van der Waals surface area contributed by atoms with Crippen molar-refractivity contribution >= 4 is 11.9 Å². The van der Waals surface area contributed by atoms with Crippen LogP contribution in [0, 0.1) is 5.92 Å². The number of carbonyl (C=O) groups is 2. The summed E-state index contributed by atoms with van der Waals surface area (Å²) in [6.07, 6.45) is 0.122. The van der Waals surface area contributed by atoms with Gasteiger partial charge in [-0.15, -0.1) is 0 Å². The van der Waals surface area contributed by atoms with E-state index in [9.17, 15) is 19.8 Å². The Balaban J connectivity index is 2.00. The number of carboxylic acids is 1. The van der Waals surface area contributed by atoms with Crippen LogP contribution in [0.2, 0.25) is 0 Å². The third kappa shape index (κ3) is 5.81. The Hall–Kier alpha value is -3.02. The molecule has 0 aliphatic heterocycles. The first-order valence-corrected chi connectivity index (χ1v) is 8.39. The van der Waals surface area contributed by atoms with Gasteiger partial charge in [-0.05, 0) is 47.9 Å². The highest BCUT2D eigenvalue weighted by molar-refractivity contribution is 5.96. The third-order valence-corrected chi connectivity index (χ3v) is 3.68. The fourth-order valence-corrected chi connectivity index (χ4v) is 2.27. The van der Waals surface area contributed by atoms with Crippen LogP contribution in [-0.4, -0.2) is 34.7 Å². The quantitative estimate of drug-likeness (QED) is 0.675. The van der Waals surface area contributed by atoms with Crippen molar-refractivity contribution < 1.29 is 24.5 Å². The van der Waals surface area contributed by atoms with Crippen LogP contribution in [0.3, 0.4) is 0 Å². The van der Waals surface area contributed by atoms with Gasteiger partial charge in [-0.3, -0.25) is 4.79 Å². The molecule has 0 aromatic heterocycles. The van der Waals surface area contributed by atoms with E-state index in [4.69, 9.17) is 4.74 Å². The van der Waals surface area contributed by atoms with Crippen molar-refractivity contribution in [2.24, 2.45) is 5.92 Å². The molecule has 2 rings (SSSR count). The van der Waals surface area contributed by atoms with Gasteiger partial charge in [-0.2, -0.15) is 0 Å². The van der Waals surface area contributed by atoms with Gasteiger partial charge in [0.2, 0.25) is 0 Å². The van der Waals surface area contributed by atoms with Crippen LogP contribution in [0.25, 0.3) is 0 Å². The van der Waals surface area contributed by atoms with Crippen LogP contribution in [0.5, 0.6) is 11.5 Å². The molecule has 0 aliphatic rings. The average Bonchev–Trinajstić information content (AvgIpc) is 2.61. The molecule has 0 spiro atoms. The zero-order valence-electron chi connectivity index (χ0n) is 14.8. The van der Waals surface area contributed by atoms with Crippen LogP contribution in [0.1, 0.15) is 29.8 Å². The first kappa shape index (κ1) is 19.3. The van der Waals surface area contributed by atoms with Crippen LogP contribution in [0.4, 0.5) is 0 Å². The predicted molar refractivity (Wildman–Crippen MR) is 97.5 cm³/mol. The number of carbonyl (C=O) groups excluding carboxylic acids is 1. The highest BCUT2D eigenvalue weighted by Gasteiger charge is 2.21. The first-order chi connectivity index (χ1) is 12.3. The van der Waals surface area contributed by atoms with Crippen molar-refractivity contribution in [3.8, 4) is 11.5 Å². The average molecular weight is 357 g/mol. The van der Waals surface area contributed by atoms with E-state index < -0.39 is 17.9 Å². The Labute approximate surface area is 152 Å². The minimum atomic E-state index is -1.12. The number of hydrogen-bond acceptors (Lipinski definition) is 4. The fraction of sp³-hybridized carbons (Fsp3) is 0.300. The minimum absolute atomic E-state index is 0.101. The molecular formula is C20H23NO5. The van der Waals surface area contributed by atoms with Crippen LogP contribution >= 0.6 is 0 Å². The van der Waals surface area contributed by atoms with Crippen molar-refractivity contribution in [2.75, 3.05) is 6.61 Å². The number of aromatic hydroxyl groups is 1. The molecule has 6 heteroatoms. The zero-order chi connectivity index (χ0) is 19.1. The van der Waals surface area contributed by atoms with Gasteiger partial charge < -0.3 is 20.3 Å². The van der Waals surface area contributed by atoms with Gasteiger partial charge in [0.1, 0.15) is 17.5 Å². The molecule has 1 amide bonds. The Morgan fingerprint density at radius 1 is 1.04 bits per heavy atom. The number of phenols is 1. The molecule has 0 unspecified atom stereocenters. The standard InChI is InChI=1S/C20H23NO5/c1-13(2)12-26-17-9-5-15(6-10-17)19(23)21-18(20(24)25)11-14-3-7-16(22)8-4-14/h3-10,13,18,22H,11-12H2,1-2H3,(H,21,23)(H,24,25)/t18-/m0/s1. The predicted octanol–water partition coefficient (Wildman–Crippen LogP) is 2.85. The lowest BCUT2D eigenvalue weighted by atomic mass is 10.1. The Kier molecular flexibility index (Phi) is 6.60. The highest BCUT2D eigenvalue weighted by Crippen LogP contribution is 2.14. The van der Waals surface area contributed by atoms with E-state index in [1.54, 1.807) is 36.4 Å². The van der Waals surface area contributed by atoms with Crippen molar-refractivity contribution in [1.82, 2.24) is 5.32 Å². The number of aliphatic carboxylic acids is 1. The summed E-state index contributed by atoms with van der Waals surface area (Å²) < 4.78 is 5.56. The summed E-state index contributed by atoms with van der Waals surface area (Å²) in [5, 5.41) is 21.2. The van der Waals surface area contributed by atoms with Gasteiger partial charge in [-0.1, -0.05) is 26.0 Å². The molecule has 0 heterocycles. The molecule has 0 radical (unpaired) electrons. The normalized spacial score (nSPS) is 11.8. The summed E-state index contributed by atoms with van der Waals surface area (Å²) >= 11 is 0. The molecule has 138 valence electrons. The zero-order valence-corrected chi connectivity index (χ0v) is 14.8. The van der Waals surface area contributed by atoms with Gasteiger partial charge >= 0.3 is 5.97 Å². The van der Waals surface area contributed by atoms with E-state index in [-0.39, 0.29) is 12.2 Å². The number of rotatable bonds is 8. The Bertz CT molecular complexity index is 738.